The summed E-state index contributed by atoms with van der Waals surface area (Å²) < 4.78 is 13.1. The highest BCUT2D eigenvalue weighted by atomic mass is 19.1. The van der Waals surface area contributed by atoms with Crippen LogP contribution in [0.5, 0.6) is 0 Å². The van der Waals surface area contributed by atoms with Gasteiger partial charge in [-0.05, 0) is 30.3 Å². The Kier molecular flexibility index (Phi) is 3.09. The molecule has 18 heavy (non-hydrogen) atoms. The van der Waals surface area contributed by atoms with Gasteiger partial charge in [-0.15, -0.1) is 0 Å². The van der Waals surface area contributed by atoms with Gasteiger partial charge >= 0.3 is 5.97 Å². The number of aromatic carboxylic acids is 1. The van der Waals surface area contributed by atoms with E-state index in [4.69, 9.17) is 5.11 Å². The minimum atomic E-state index is -1.24. The van der Waals surface area contributed by atoms with E-state index in [1.54, 1.807) is 12.3 Å². The van der Waals surface area contributed by atoms with Crippen molar-refractivity contribution in [3.8, 4) is 0 Å². The van der Waals surface area contributed by atoms with Gasteiger partial charge in [-0.3, -0.25) is 4.79 Å². The number of halogens is 1. The van der Waals surface area contributed by atoms with Gasteiger partial charge in [-0.2, -0.15) is 0 Å². The first-order valence-electron chi connectivity index (χ1n) is 5.05. The molecule has 5 nitrogen and oxygen atoms in total. The van der Waals surface area contributed by atoms with Crippen molar-refractivity contribution < 1.29 is 19.1 Å². The van der Waals surface area contributed by atoms with Crippen LogP contribution in [0, 0.1) is 5.82 Å². The molecule has 0 spiro atoms. The summed E-state index contributed by atoms with van der Waals surface area (Å²) in [6.07, 6.45) is 1.55. The SMILES string of the molecule is O=C(Nc1cc(F)ccc1C(=O)O)c1ccc[nH]1. The number of carboxylic acids is 1. The number of aromatic nitrogens is 1. The maximum absolute atomic E-state index is 13.1. The van der Waals surface area contributed by atoms with E-state index in [0.29, 0.717) is 0 Å². The average molecular weight is 248 g/mol. The Bertz CT molecular complexity index is 593. The van der Waals surface area contributed by atoms with Crippen LogP contribution in [-0.4, -0.2) is 22.0 Å². The van der Waals surface area contributed by atoms with E-state index in [1.807, 2.05) is 0 Å². The number of carbonyl (C=O) groups is 2. The number of rotatable bonds is 3. The molecule has 1 aromatic heterocycles. The zero-order valence-electron chi connectivity index (χ0n) is 9.11. The Labute approximate surface area is 101 Å². The number of benzene rings is 1. The lowest BCUT2D eigenvalue weighted by Gasteiger charge is -2.07. The highest BCUT2D eigenvalue weighted by molar-refractivity contribution is 6.06. The van der Waals surface area contributed by atoms with E-state index in [2.05, 4.69) is 10.3 Å². The number of hydrogen-bond acceptors (Lipinski definition) is 2. The average Bonchev–Trinajstić information content (AvgIpc) is 2.81. The Morgan fingerprint density at radius 1 is 1.28 bits per heavy atom. The molecule has 2 rings (SSSR count). The molecule has 0 unspecified atom stereocenters. The zero-order valence-corrected chi connectivity index (χ0v) is 9.11. The fraction of sp³-hybridized carbons (Fsp3) is 0. The number of amides is 1. The van der Waals surface area contributed by atoms with Gasteiger partial charge in [-0.25, -0.2) is 9.18 Å². The van der Waals surface area contributed by atoms with E-state index in [-0.39, 0.29) is 16.9 Å². The predicted molar refractivity (Wildman–Crippen MR) is 62.1 cm³/mol. The quantitative estimate of drug-likeness (QED) is 0.777. The number of carbonyl (C=O) groups excluding carboxylic acids is 1. The van der Waals surface area contributed by atoms with Crippen LogP contribution < -0.4 is 5.32 Å². The molecule has 0 aliphatic heterocycles. The van der Waals surface area contributed by atoms with Crippen molar-refractivity contribution in [3.05, 3.63) is 53.6 Å². The minimum absolute atomic E-state index is 0.0814. The molecule has 3 N–H and O–H groups in total. The third kappa shape index (κ3) is 2.37. The van der Waals surface area contributed by atoms with E-state index in [9.17, 15) is 14.0 Å². The molecule has 0 aliphatic carbocycles. The summed E-state index contributed by atoms with van der Waals surface area (Å²) in [5.41, 5.74) is 0.00834. The Morgan fingerprint density at radius 2 is 2.06 bits per heavy atom. The summed E-state index contributed by atoms with van der Waals surface area (Å²) in [4.78, 5) is 25.3. The molecule has 1 aromatic carbocycles. The first kappa shape index (κ1) is 11.8. The van der Waals surface area contributed by atoms with E-state index in [0.717, 1.165) is 18.2 Å². The van der Waals surface area contributed by atoms with Gasteiger partial charge in [0.1, 0.15) is 11.5 Å². The third-order valence-electron chi connectivity index (χ3n) is 2.30. The van der Waals surface area contributed by atoms with Crippen LogP contribution in [-0.2, 0) is 0 Å². The summed E-state index contributed by atoms with van der Waals surface area (Å²) in [6.45, 7) is 0. The molecule has 0 bridgehead atoms. The van der Waals surface area contributed by atoms with Gasteiger partial charge in [-0.1, -0.05) is 0 Å². The number of nitrogens with one attached hydrogen (secondary N) is 2. The van der Waals surface area contributed by atoms with Gasteiger partial charge in [0.15, 0.2) is 0 Å². The minimum Gasteiger partial charge on any atom is -0.478 e. The van der Waals surface area contributed by atoms with Crippen molar-refractivity contribution in [2.24, 2.45) is 0 Å². The zero-order chi connectivity index (χ0) is 13.1. The van der Waals surface area contributed by atoms with Crippen LogP contribution in [0.1, 0.15) is 20.8 Å². The van der Waals surface area contributed by atoms with Crippen molar-refractivity contribution in [3.63, 3.8) is 0 Å². The summed E-state index contributed by atoms with van der Waals surface area (Å²) in [6, 6.07) is 6.23. The first-order chi connectivity index (χ1) is 8.58. The molecule has 0 radical (unpaired) electrons. The smallest absolute Gasteiger partial charge is 0.337 e. The first-order valence-corrected chi connectivity index (χ1v) is 5.05. The maximum atomic E-state index is 13.1. The molecule has 2 aromatic rings. The lowest BCUT2D eigenvalue weighted by Crippen LogP contribution is -2.15. The van der Waals surface area contributed by atoms with Gasteiger partial charge in [0.05, 0.1) is 11.3 Å². The van der Waals surface area contributed by atoms with Crippen molar-refractivity contribution in [2.45, 2.75) is 0 Å². The van der Waals surface area contributed by atoms with Crippen molar-refractivity contribution >= 4 is 17.6 Å². The number of H-pyrrole nitrogens is 1. The van der Waals surface area contributed by atoms with Gasteiger partial charge in [0.2, 0.25) is 0 Å². The number of anilines is 1. The van der Waals surface area contributed by atoms with Crippen LogP contribution in [0.3, 0.4) is 0 Å². The Balaban J connectivity index is 2.31. The molecule has 0 atom stereocenters. The summed E-state index contributed by atoms with van der Waals surface area (Å²) in [5.74, 6) is -2.40. The molecular weight excluding hydrogens is 239 g/mol. The van der Waals surface area contributed by atoms with Crippen LogP contribution >= 0.6 is 0 Å². The highest BCUT2D eigenvalue weighted by Gasteiger charge is 2.14. The van der Waals surface area contributed by atoms with Crippen LogP contribution in [0.15, 0.2) is 36.5 Å². The molecule has 6 heteroatoms. The van der Waals surface area contributed by atoms with Crippen molar-refractivity contribution in [2.75, 3.05) is 5.32 Å². The second-order valence-electron chi connectivity index (χ2n) is 3.53. The fourth-order valence-electron chi connectivity index (χ4n) is 1.47. The molecule has 92 valence electrons. The Morgan fingerprint density at radius 3 is 2.67 bits per heavy atom. The van der Waals surface area contributed by atoms with E-state index in [1.165, 1.54) is 6.07 Å². The van der Waals surface area contributed by atoms with E-state index >= 15 is 0 Å². The second-order valence-corrected chi connectivity index (χ2v) is 3.53. The third-order valence-corrected chi connectivity index (χ3v) is 2.30. The largest absolute Gasteiger partial charge is 0.478 e. The monoisotopic (exact) mass is 248 g/mol. The van der Waals surface area contributed by atoms with Crippen molar-refractivity contribution in [1.82, 2.24) is 4.98 Å². The molecule has 0 saturated heterocycles. The maximum Gasteiger partial charge on any atom is 0.337 e. The molecule has 0 fully saturated rings. The summed E-state index contributed by atoms with van der Waals surface area (Å²) >= 11 is 0. The molecule has 1 amide bonds. The van der Waals surface area contributed by atoms with Gasteiger partial charge in [0, 0.05) is 6.20 Å². The lowest BCUT2D eigenvalue weighted by molar-refractivity contribution is 0.0698. The van der Waals surface area contributed by atoms with Crippen LogP contribution in [0.4, 0.5) is 10.1 Å². The van der Waals surface area contributed by atoms with E-state index < -0.39 is 17.7 Å². The van der Waals surface area contributed by atoms with Gasteiger partial charge in [0.25, 0.3) is 5.91 Å². The molecular formula is C12H9FN2O3. The topological polar surface area (TPSA) is 82.2 Å². The number of carboxylic acid groups (broad SMARTS) is 1. The highest BCUT2D eigenvalue weighted by Crippen LogP contribution is 2.18. The van der Waals surface area contributed by atoms with Crippen LogP contribution in [0.2, 0.25) is 0 Å². The predicted octanol–water partition coefficient (Wildman–Crippen LogP) is 2.10. The summed E-state index contributed by atoms with van der Waals surface area (Å²) in [5, 5.41) is 11.3. The number of aromatic amines is 1. The molecule has 0 saturated carbocycles. The number of hydrogen-bond donors (Lipinski definition) is 3. The normalized spacial score (nSPS) is 10.1. The molecule has 1 heterocycles. The van der Waals surface area contributed by atoms with Gasteiger partial charge < -0.3 is 15.4 Å². The molecule has 0 aliphatic rings. The fourth-order valence-corrected chi connectivity index (χ4v) is 1.47. The van der Waals surface area contributed by atoms with Crippen LogP contribution in [0.25, 0.3) is 0 Å². The Hall–Kier alpha value is -2.63. The standard InChI is InChI=1S/C12H9FN2O3/c13-7-3-4-8(12(17)18)10(6-7)15-11(16)9-2-1-5-14-9/h1-6,14H,(H,15,16)(H,17,18). The second kappa shape index (κ2) is 4.70. The van der Waals surface area contributed by atoms with Crippen molar-refractivity contribution in [1.29, 1.82) is 0 Å². The summed E-state index contributed by atoms with van der Waals surface area (Å²) in [7, 11) is 0. The lowest BCUT2D eigenvalue weighted by atomic mass is 10.1.